The zero-order chi connectivity index (χ0) is 32.5. The molecule has 2 heterocycles. The van der Waals surface area contributed by atoms with E-state index in [-0.39, 0.29) is 34.5 Å². The highest BCUT2D eigenvalue weighted by Crippen LogP contribution is 2.59. The zero-order valence-corrected chi connectivity index (χ0v) is 27.9. The number of esters is 1. The summed E-state index contributed by atoms with van der Waals surface area (Å²) < 4.78 is 17.8. The molecular weight excluding hydrogens is 562 g/mol. The Labute approximate surface area is 261 Å². The lowest BCUT2D eigenvalue weighted by atomic mass is 9.55. The molecule has 5 rings (SSSR count). The summed E-state index contributed by atoms with van der Waals surface area (Å²) >= 11 is 0. The summed E-state index contributed by atoms with van der Waals surface area (Å²) in [6.07, 6.45) is 8.82. The molecule has 0 spiro atoms. The monoisotopic (exact) mass is 615 g/mol. The lowest BCUT2D eigenvalue weighted by molar-refractivity contribution is -0.402. The molecule has 1 saturated heterocycles. The van der Waals surface area contributed by atoms with Crippen LogP contribution in [0.4, 0.5) is 5.88 Å². The van der Waals surface area contributed by atoms with Gasteiger partial charge in [-0.3, -0.25) is 10.1 Å². The summed E-state index contributed by atoms with van der Waals surface area (Å²) in [4.78, 5) is 23.3. The van der Waals surface area contributed by atoms with E-state index in [4.69, 9.17) is 13.9 Å². The number of hydrogen-bond acceptors (Lipinski definition) is 8. The summed E-state index contributed by atoms with van der Waals surface area (Å²) in [6.45, 7) is 17.1. The highest BCUT2D eigenvalue weighted by atomic mass is 16.7. The number of hydrogen-bond donors (Lipinski definition) is 2. The average molecular weight is 616 g/mol. The number of carbonyl (C=O) groups excluding carboxylic acids is 1. The molecule has 1 aliphatic heterocycles. The maximum Gasteiger partial charge on any atom is 0.433 e. The summed E-state index contributed by atoms with van der Waals surface area (Å²) in [6, 6.07) is 2.41. The van der Waals surface area contributed by atoms with E-state index in [0.29, 0.717) is 37.5 Å². The van der Waals surface area contributed by atoms with E-state index < -0.39 is 39.7 Å². The third kappa shape index (κ3) is 5.77. The Morgan fingerprint density at radius 1 is 0.977 bits per heavy atom. The van der Waals surface area contributed by atoms with Crippen LogP contribution in [0.3, 0.4) is 0 Å². The lowest BCUT2D eigenvalue weighted by Gasteiger charge is -2.54. The molecule has 4 aliphatic rings. The fourth-order valence-electron chi connectivity index (χ4n) is 10.00. The minimum atomic E-state index is -0.867. The first-order valence-electron chi connectivity index (χ1n) is 16.5. The SMILES string of the molecule is CC1=CC[C@H]2[C@H](CC[C@]2(C)O)C(C)(C)[C@@H]1CC[C@H]1[C@]2(C)CC[C@H](OC(=O)c3ccc([N+](=O)[O-])o3)C(C)(C)O[C@H]2CC[C@@]1(C)O. The average Bonchev–Trinajstić information content (AvgIpc) is 3.48. The van der Waals surface area contributed by atoms with Crippen molar-refractivity contribution in [2.24, 2.45) is 34.5 Å². The van der Waals surface area contributed by atoms with Gasteiger partial charge in [-0.15, -0.1) is 0 Å². The molecule has 9 heteroatoms. The van der Waals surface area contributed by atoms with Gasteiger partial charge in [0.2, 0.25) is 5.76 Å². The molecule has 3 aliphatic carbocycles. The lowest BCUT2D eigenvalue weighted by Crippen LogP contribution is -2.56. The van der Waals surface area contributed by atoms with Crippen LogP contribution in [0.25, 0.3) is 0 Å². The number of fused-ring (bicyclic) bond motifs is 2. The smallest absolute Gasteiger partial charge is 0.433 e. The maximum atomic E-state index is 13.0. The summed E-state index contributed by atoms with van der Waals surface area (Å²) in [5.74, 6) is -0.433. The van der Waals surface area contributed by atoms with Gasteiger partial charge in [0.25, 0.3) is 0 Å². The molecule has 0 radical (unpaired) electrons. The molecule has 1 aromatic heterocycles. The Kier molecular flexibility index (Phi) is 8.46. The first-order chi connectivity index (χ1) is 20.3. The molecule has 2 saturated carbocycles. The van der Waals surface area contributed by atoms with E-state index >= 15 is 0 Å². The summed E-state index contributed by atoms with van der Waals surface area (Å²) in [5.41, 5.74) is -1.24. The second-order valence-electron chi connectivity index (χ2n) is 16.2. The number of ether oxygens (including phenoxy) is 2. The van der Waals surface area contributed by atoms with Crippen molar-refractivity contribution in [1.29, 1.82) is 0 Å². The molecule has 0 amide bonds. The van der Waals surface area contributed by atoms with Gasteiger partial charge in [0.15, 0.2) is 0 Å². The van der Waals surface area contributed by atoms with Crippen LogP contribution in [0.1, 0.15) is 124 Å². The number of furan rings is 1. The zero-order valence-electron chi connectivity index (χ0n) is 27.9. The molecular formula is C35H53NO8. The quantitative estimate of drug-likeness (QED) is 0.147. The second-order valence-corrected chi connectivity index (χ2v) is 16.2. The van der Waals surface area contributed by atoms with Gasteiger partial charge >= 0.3 is 11.9 Å². The van der Waals surface area contributed by atoms with Crippen LogP contribution < -0.4 is 0 Å². The van der Waals surface area contributed by atoms with E-state index in [1.165, 1.54) is 11.6 Å². The van der Waals surface area contributed by atoms with Crippen LogP contribution in [0.2, 0.25) is 0 Å². The van der Waals surface area contributed by atoms with Crippen LogP contribution in [0.5, 0.6) is 0 Å². The van der Waals surface area contributed by atoms with E-state index in [1.807, 2.05) is 27.7 Å². The number of nitro groups is 1. The third-order valence-electron chi connectivity index (χ3n) is 12.7. The number of allylic oxidation sites excluding steroid dienone is 2. The number of carbonyl (C=O) groups is 1. The highest BCUT2D eigenvalue weighted by molar-refractivity contribution is 5.86. The minimum Gasteiger partial charge on any atom is -0.453 e. The van der Waals surface area contributed by atoms with Gasteiger partial charge in [-0.05, 0) is 133 Å². The van der Waals surface area contributed by atoms with Gasteiger partial charge in [0.1, 0.15) is 11.0 Å². The van der Waals surface area contributed by atoms with Gasteiger partial charge in [-0.2, -0.15) is 0 Å². The van der Waals surface area contributed by atoms with Crippen molar-refractivity contribution in [2.75, 3.05) is 0 Å². The van der Waals surface area contributed by atoms with Crippen LogP contribution >= 0.6 is 0 Å². The molecule has 9 nitrogen and oxygen atoms in total. The van der Waals surface area contributed by atoms with Crippen LogP contribution in [-0.2, 0) is 9.47 Å². The topological polar surface area (TPSA) is 132 Å². The molecule has 3 fully saturated rings. The molecule has 1 aromatic rings. The molecule has 246 valence electrons. The van der Waals surface area contributed by atoms with Crippen molar-refractivity contribution in [3.8, 4) is 0 Å². The van der Waals surface area contributed by atoms with E-state index in [1.54, 1.807) is 0 Å². The maximum absolute atomic E-state index is 13.0. The molecule has 0 unspecified atom stereocenters. The summed E-state index contributed by atoms with van der Waals surface area (Å²) in [5, 5.41) is 34.1. The number of rotatable bonds is 6. The predicted octanol–water partition coefficient (Wildman–Crippen LogP) is 7.39. The van der Waals surface area contributed by atoms with E-state index in [0.717, 1.165) is 38.2 Å². The fourth-order valence-corrected chi connectivity index (χ4v) is 10.00. The molecule has 9 atom stereocenters. The molecule has 44 heavy (non-hydrogen) atoms. The van der Waals surface area contributed by atoms with Crippen molar-refractivity contribution in [1.82, 2.24) is 0 Å². The predicted molar refractivity (Wildman–Crippen MR) is 166 cm³/mol. The van der Waals surface area contributed by atoms with Crippen molar-refractivity contribution in [3.05, 3.63) is 39.7 Å². The Hall–Kier alpha value is -2.23. The Morgan fingerprint density at radius 3 is 2.32 bits per heavy atom. The molecule has 0 bridgehead atoms. The number of nitrogens with zero attached hydrogens (tertiary/aromatic N) is 1. The second kappa shape index (κ2) is 11.2. The molecule has 0 aromatic carbocycles. The Morgan fingerprint density at radius 2 is 1.66 bits per heavy atom. The van der Waals surface area contributed by atoms with Gasteiger partial charge in [-0.1, -0.05) is 32.4 Å². The van der Waals surface area contributed by atoms with Gasteiger partial charge in [0, 0.05) is 0 Å². The third-order valence-corrected chi connectivity index (χ3v) is 12.7. The Balaban J connectivity index is 1.36. The van der Waals surface area contributed by atoms with Crippen LogP contribution in [0.15, 0.2) is 28.2 Å². The van der Waals surface area contributed by atoms with Crippen LogP contribution in [0, 0.1) is 44.6 Å². The first-order valence-corrected chi connectivity index (χ1v) is 16.5. The van der Waals surface area contributed by atoms with Crippen LogP contribution in [-0.4, -0.2) is 50.1 Å². The minimum absolute atomic E-state index is 0.0191. The van der Waals surface area contributed by atoms with Crippen molar-refractivity contribution < 1.29 is 33.8 Å². The summed E-state index contributed by atoms with van der Waals surface area (Å²) in [7, 11) is 0. The van der Waals surface area contributed by atoms with Gasteiger partial charge in [-0.25, -0.2) is 4.79 Å². The largest absolute Gasteiger partial charge is 0.453 e. The molecule has 2 N–H and O–H groups in total. The number of aliphatic hydroxyl groups is 2. The van der Waals surface area contributed by atoms with Gasteiger partial charge in [0.05, 0.1) is 29.0 Å². The van der Waals surface area contributed by atoms with Crippen molar-refractivity contribution in [2.45, 2.75) is 142 Å². The standard InChI is InChI=1S/C35H53NO8/c1-21-9-10-24-23(15-19-34(24,7)38)31(2,3)22(21)11-13-26-33(6)18-16-27(32(4,5)44-28(33)17-20-35(26,8)39)43-30(37)25-12-14-29(42-25)36(40)41/h9,12,14,22-24,26-28,38-39H,10-11,13,15-20H2,1-8H3/t22-,23+,24+,26+,27+,28+,33+,34+,35-/m1/s1. The van der Waals surface area contributed by atoms with Crippen molar-refractivity contribution >= 4 is 11.9 Å². The van der Waals surface area contributed by atoms with Crippen molar-refractivity contribution in [3.63, 3.8) is 0 Å². The Bertz CT molecular complexity index is 1290. The highest BCUT2D eigenvalue weighted by Gasteiger charge is 2.58. The first kappa shape index (κ1) is 33.1. The fraction of sp³-hybridized carbons (Fsp3) is 0.800. The van der Waals surface area contributed by atoms with E-state index in [9.17, 15) is 25.1 Å². The van der Waals surface area contributed by atoms with Gasteiger partial charge < -0.3 is 24.1 Å². The normalized spacial score (nSPS) is 41.5. The van der Waals surface area contributed by atoms with E-state index in [2.05, 4.69) is 33.8 Å².